The van der Waals surface area contributed by atoms with E-state index in [9.17, 15) is 0 Å². The predicted molar refractivity (Wildman–Crippen MR) is 117 cm³/mol. The third-order valence-corrected chi connectivity index (χ3v) is 5.16. The first kappa shape index (κ1) is 21.4. The molecule has 2 saturated heterocycles. The molecule has 3 rings (SSSR count). The van der Waals surface area contributed by atoms with Crippen LogP contribution in [0.15, 0.2) is 23.2 Å². The molecule has 1 aromatic carbocycles. The van der Waals surface area contributed by atoms with Gasteiger partial charge in [0.25, 0.3) is 0 Å². The Hall–Kier alpha value is -0.860. The van der Waals surface area contributed by atoms with Gasteiger partial charge in [-0.1, -0.05) is 23.8 Å². The molecule has 2 heterocycles. The molecule has 2 aliphatic rings. The summed E-state index contributed by atoms with van der Waals surface area (Å²) < 4.78 is 11.7. The third kappa shape index (κ3) is 5.57. The molecule has 2 fully saturated rings. The zero-order valence-corrected chi connectivity index (χ0v) is 18.5. The molecule has 146 valence electrons. The van der Waals surface area contributed by atoms with E-state index in [0.717, 1.165) is 58.1 Å². The average molecular weight is 473 g/mol. The van der Waals surface area contributed by atoms with Crippen LogP contribution in [0.2, 0.25) is 0 Å². The number of benzene rings is 1. The Kier molecular flexibility index (Phi) is 8.63. The molecule has 0 aliphatic carbocycles. The number of aliphatic imine (C=N–C) groups is 1. The maximum Gasteiger partial charge on any atom is 0.193 e. The van der Waals surface area contributed by atoms with Gasteiger partial charge in [0.15, 0.2) is 5.96 Å². The SMILES string of the molecule is CN=C(NCCc1ccc(C)cc1C)N1CCOC(C2CCCO2)C1.I. The van der Waals surface area contributed by atoms with Gasteiger partial charge in [-0.25, -0.2) is 0 Å². The smallest absolute Gasteiger partial charge is 0.193 e. The van der Waals surface area contributed by atoms with Crippen molar-refractivity contribution in [1.82, 2.24) is 10.2 Å². The first-order valence-electron chi connectivity index (χ1n) is 9.42. The lowest BCUT2D eigenvalue weighted by Gasteiger charge is -2.37. The number of hydrogen-bond donors (Lipinski definition) is 1. The Labute approximate surface area is 174 Å². The van der Waals surface area contributed by atoms with E-state index in [4.69, 9.17) is 9.47 Å². The highest BCUT2D eigenvalue weighted by atomic mass is 127. The molecular weight excluding hydrogens is 441 g/mol. The van der Waals surface area contributed by atoms with E-state index in [1.54, 1.807) is 0 Å². The van der Waals surface area contributed by atoms with Gasteiger partial charge < -0.3 is 19.7 Å². The van der Waals surface area contributed by atoms with Crippen LogP contribution in [0.5, 0.6) is 0 Å². The molecule has 0 spiro atoms. The fraction of sp³-hybridized carbons (Fsp3) is 0.650. The summed E-state index contributed by atoms with van der Waals surface area (Å²) in [6, 6.07) is 6.67. The van der Waals surface area contributed by atoms with Crippen molar-refractivity contribution in [2.75, 3.05) is 39.9 Å². The van der Waals surface area contributed by atoms with Crippen LogP contribution in [-0.2, 0) is 15.9 Å². The van der Waals surface area contributed by atoms with E-state index in [0.29, 0.717) is 0 Å². The van der Waals surface area contributed by atoms with Crippen LogP contribution in [0.25, 0.3) is 0 Å². The van der Waals surface area contributed by atoms with Gasteiger partial charge >= 0.3 is 0 Å². The molecule has 26 heavy (non-hydrogen) atoms. The molecule has 0 saturated carbocycles. The summed E-state index contributed by atoms with van der Waals surface area (Å²) in [4.78, 5) is 6.78. The fourth-order valence-corrected chi connectivity index (χ4v) is 3.76. The van der Waals surface area contributed by atoms with Crippen LogP contribution < -0.4 is 5.32 Å². The molecule has 1 aromatic rings. The van der Waals surface area contributed by atoms with Crippen molar-refractivity contribution in [2.45, 2.75) is 45.3 Å². The summed E-state index contributed by atoms with van der Waals surface area (Å²) in [7, 11) is 1.86. The highest BCUT2D eigenvalue weighted by molar-refractivity contribution is 14.0. The summed E-state index contributed by atoms with van der Waals surface area (Å²) in [5.41, 5.74) is 4.08. The highest BCUT2D eigenvalue weighted by Crippen LogP contribution is 2.21. The Balaban J connectivity index is 0.00000243. The Morgan fingerprint density at radius 2 is 2.04 bits per heavy atom. The van der Waals surface area contributed by atoms with Crippen LogP contribution >= 0.6 is 24.0 Å². The van der Waals surface area contributed by atoms with Crippen LogP contribution in [0, 0.1) is 13.8 Å². The number of morpholine rings is 1. The largest absolute Gasteiger partial charge is 0.375 e. The summed E-state index contributed by atoms with van der Waals surface area (Å²) in [6.07, 6.45) is 3.67. The second-order valence-electron chi connectivity index (χ2n) is 7.06. The van der Waals surface area contributed by atoms with Crippen LogP contribution in [0.1, 0.15) is 29.5 Å². The lowest BCUT2D eigenvalue weighted by Crippen LogP contribution is -2.53. The van der Waals surface area contributed by atoms with Gasteiger partial charge in [0.05, 0.1) is 12.7 Å². The first-order valence-corrected chi connectivity index (χ1v) is 9.42. The van der Waals surface area contributed by atoms with Crippen molar-refractivity contribution in [1.29, 1.82) is 0 Å². The minimum absolute atomic E-state index is 0. The molecule has 5 nitrogen and oxygen atoms in total. The van der Waals surface area contributed by atoms with Gasteiger partial charge in [-0.3, -0.25) is 4.99 Å². The molecule has 2 unspecified atom stereocenters. The van der Waals surface area contributed by atoms with E-state index in [1.807, 2.05) is 7.05 Å². The molecule has 0 amide bonds. The van der Waals surface area contributed by atoms with Gasteiger partial charge in [-0.05, 0) is 44.2 Å². The van der Waals surface area contributed by atoms with Crippen LogP contribution in [0.3, 0.4) is 0 Å². The summed E-state index contributed by atoms with van der Waals surface area (Å²) in [5.74, 6) is 0.969. The number of rotatable bonds is 4. The molecule has 0 radical (unpaired) electrons. The Bertz CT molecular complexity index is 603. The highest BCUT2D eigenvalue weighted by Gasteiger charge is 2.32. The third-order valence-electron chi connectivity index (χ3n) is 5.16. The number of nitrogens with zero attached hydrogens (tertiary/aromatic N) is 2. The fourth-order valence-electron chi connectivity index (χ4n) is 3.76. The Morgan fingerprint density at radius 1 is 1.23 bits per heavy atom. The lowest BCUT2D eigenvalue weighted by atomic mass is 10.0. The molecule has 2 atom stereocenters. The van der Waals surface area contributed by atoms with Gasteiger partial charge in [0, 0.05) is 33.3 Å². The van der Waals surface area contributed by atoms with Gasteiger partial charge in [0.2, 0.25) is 0 Å². The van der Waals surface area contributed by atoms with Crippen molar-refractivity contribution >= 4 is 29.9 Å². The number of ether oxygens (including phenoxy) is 2. The molecule has 0 aromatic heterocycles. The van der Waals surface area contributed by atoms with Crippen molar-refractivity contribution in [2.24, 2.45) is 4.99 Å². The van der Waals surface area contributed by atoms with E-state index >= 15 is 0 Å². The maximum absolute atomic E-state index is 5.94. The second kappa shape index (κ2) is 10.5. The van der Waals surface area contributed by atoms with E-state index in [-0.39, 0.29) is 36.2 Å². The quantitative estimate of drug-likeness (QED) is 0.415. The van der Waals surface area contributed by atoms with Crippen LogP contribution in [-0.4, -0.2) is 63.0 Å². The van der Waals surface area contributed by atoms with E-state index < -0.39 is 0 Å². The number of guanidine groups is 1. The summed E-state index contributed by atoms with van der Waals surface area (Å²) in [5, 5.41) is 3.52. The van der Waals surface area contributed by atoms with Crippen LogP contribution in [0.4, 0.5) is 0 Å². The van der Waals surface area contributed by atoms with Crippen molar-refractivity contribution < 1.29 is 9.47 Å². The molecule has 1 N–H and O–H groups in total. The second-order valence-corrected chi connectivity index (χ2v) is 7.06. The number of hydrogen-bond acceptors (Lipinski definition) is 3. The van der Waals surface area contributed by atoms with Crippen molar-refractivity contribution in [3.63, 3.8) is 0 Å². The average Bonchev–Trinajstić information content (AvgIpc) is 3.15. The number of nitrogens with one attached hydrogen (secondary N) is 1. The summed E-state index contributed by atoms with van der Waals surface area (Å²) in [6.45, 7) is 8.56. The normalized spacial score (nSPS) is 23.7. The molecule has 6 heteroatoms. The topological polar surface area (TPSA) is 46.1 Å². The molecule has 0 bridgehead atoms. The summed E-state index contributed by atoms with van der Waals surface area (Å²) >= 11 is 0. The standard InChI is InChI=1S/C20H31N3O2.HI/c1-15-6-7-17(16(2)13-15)8-9-22-20(21-3)23-10-12-25-19(14-23)18-5-4-11-24-18;/h6-7,13,18-19H,4-5,8-12,14H2,1-3H3,(H,21,22);1H. The van der Waals surface area contributed by atoms with Gasteiger partial charge in [-0.2, -0.15) is 0 Å². The van der Waals surface area contributed by atoms with Gasteiger partial charge in [0.1, 0.15) is 6.10 Å². The predicted octanol–water partition coefficient (Wildman–Crippen LogP) is 2.92. The van der Waals surface area contributed by atoms with Crippen molar-refractivity contribution in [3.8, 4) is 0 Å². The minimum atomic E-state index is 0. The molecule has 2 aliphatic heterocycles. The minimum Gasteiger partial charge on any atom is -0.375 e. The van der Waals surface area contributed by atoms with Crippen molar-refractivity contribution in [3.05, 3.63) is 34.9 Å². The van der Waals surface area contributed by atoms with E-state index in [2.05, 4.69) is 47.3 Å². The zero-order chi connectivity index (χ0) is 17.6. The first-order chi connectivity index (χ1) is 12.2. The number of aryl methyl sites for hydroxylation is 2. The van der Waals surface area contributed by atoms with Gasteiger partial charge in [-0.15, -0.1) is 24.0 Å². The monoisotopic (exact) mass is 473 g/mol. The molecular formula is C20H32IN3O2. The van der Waals surface area contributed by atoms with E-state index in [1.165, 1.54) is 16.7 Å². The zero-order valence-electron chi connectivity index (χ0n) is 16.2. The Morgan fingerprint density at radius 3 is 2.73 bits per heavy atom. The number of halogens is 1. The maximum atomic E-state index is 5.94. The lowest BCUT2D eigenvalue weighted by molar-refractivity contribution is -0.0816.